The van der Waals surface area contributed by atoms with E-state index in [-0.39, 0.29) is 12.2 Å². The minimum atomic E-state index is -4.42. The van der Waals surface area contributed by atoms with Gasteiger partial charge >= 0.3 is 0 Å². The lowest BCUT2D eigenvalue weighted by molar-refractivity contribution is -0.115. The number of fused-ring (bicyclic) bond motifs is 1. The third-order valence-electron chi connectivity index (χ3n) is 2.73. The van der Waals surface area contributed by atoms with E-state index in [9.17, 15) is 18.3 Å². The smallest absolute Gasteiger partial charge is 0.294 e. The zero-order valence-corrected chi connectivity index (χ0v) is 11.4. The summed E-state index contributed by atoms with van der Waals surface area (Å²) in [5.41, 5.74) is 0.359. The van der Waals surface area contributed by atoms with Gasteiger partial charge in [0.1, 0.15) is 12.2 Å². The van der Waals surface area contributed by atoms with Gasteiger partial charge in [-0.15, -0.1) is 0 Å². The van der Waals surface area contributed by atoms with Gasteiger partial charge in [0.2, 0.25) is 5.91 Å². The van der Waals surface area contributed by atoms with Crippen LogP contribution in [0.5, 0.6) is 5.75 Å². The molecule has 7 nitrogen and oxygen atoms in total. The summed E-state index contributed by atoms with van der Waals surface area (Å²) in [5.74, 6) is -0.845. The SMILES string of the molecule is N#CCC(=O)Nc1ccc2cc(S(=O)(=O)O)cc(O)c2c1. The van der Waals surface area contributed by atoms with E-state index in [2.05, 4.69) is 5.32 Å². The number of nitrogens with one attached hydrogen (secondary N) is 1. The topological polar surface area (TPSA) is 127 Å². The lowest BCUT2D eigenvalue weighted by Crippen LogP contribution is -2.09. The molecule has 0 saturated heterocycles. The quantitative estimate of drug-likeness (QED) is 0.740. The molecule has 0 unspecified atom stereocenters. The van der Waals surface area contributed by atoms with Crippen LogP contribution >= 0.6 is 0 Å². The second-order valence-electron chi connectivity index (χ2n) is 4.24. The van der Waals surface area contributed by atoms with E-state index in [0.717, 1.165) is 6.07 Å². The molecule has 8 heteroatoms. The molecule has 2 rings (SSSR count). The van der Waals surface area contributed by atoms with Crippen molar-refractivity contribution in [1.82, 2.24) is 0 Å². The first-order chi connectivity index (χ1) is 9.81. The van der Waals surface area contributed by atoms with Crippen LogP contribution in [0, 0.1) is 11.3 Å². The molecule has 1 amide bonds. The van der Waals surface area contributed by atoms with E-state index in [4.69, 9.17) is 9.81 Å². The molecule has 0 aliphatic rings. The maximum atomic E-state index is 11.3. The molecule has 3 N–H and O–H groups in total. The van der Waals surface area contributed by atoms with Gasteiger partial charge in [-0.05, 0) is 23.6 Å². The number of hydrogen-bond acceptors (Lipinski definition) is 5. The molecule has 0 heterocycles. The molecule has 2 aromatic rings. The van der Waals surface area contributed by atoms with Crippen LogP contribution in [0.3, 0.4) is 0 Å². The van der Waals surface area contributed by atoms with E-state index in [1.165, 1.54) is 24.3 Å². The third kappa shape index (κ3) is 3.28. The molecule has 0 fully saturated rings. The van der Waals surface area contributed by atoms with Crippen LogP contribution in [-0.4, -0.2) is 24.0 Å². The molecular formula is C13H10N2O5S. The second-order valence-corrected chi connectivity index (χ2v) is 5.66. The van der Waals surface area contributed by atoms with Gasteiger partial charge in [-0.25, -0.2) is 0 Å². The monoisotopic (exact) mass is 306 g/mol. The van der Waals surface area contributed by atoms with E-state index in [0.29, 0.717) is 16.5 Å². The van der Waals surface area contributed by atoms with Gasteiger partial charge in [-0.3, -0.25) is 9.35 Å². The molecule has 21 heavy (non-hydrogen) atoms. The largest absolute Gasteiger partial charge is 0.507 e. The fourth-order valence-corrected chi connectivity index (χ4v) is 2.35. The Hall–Kier alpha value is -2.63. The van der Waals surface area contributed by atoms with Crippen LogP contribution in [0.15, 0.2) is 35.2 Å². The summed E-state index contributed by atoms with van der Waals surface area (Å²) in [4.78, 5) is 10.9. The molecule has 0 bridgehead atoms. The molecule has 0 aliphatic carbocycles. The number of aromatic hydroxyl groups is 1. The summed E-state index contributed by atoms with van der Waals surface area (Å²) in [6.07, 6.45) is -0.300. The molecule has 0 radical (unpaired) electrons. The highest BCUT2D eigenvalue weighted by Gasteiger charge is 2.13. The van der Waals surface area contributed by atoms with E-state index < -0.39 is 20.9 Å². The first kappa shape index (κ1) is 14.8. The first-order valence-electron chi connectivity index (χ1n) is 5.72. The van der Waals surface area contributed by atoms with Gasteiger partial charge in [-0.2, -0.15) is 13.7 Å². The Kier molecular flexibility index (Phi) is 3.80. The highest BCUT2D eigenvalue weighted by molar-refractivity contribution is 7.85. The fourth-order valence-electron chi connectivity index (χ4n) is 1.82. The van der Waals surface area contributed by atoms with Crippen LogP contribution in [-0.2, 0) is 14.9 Å². The highest BCUT2D eigenvalue weighted by Crippen LogP contribution is 2.30. The maximum Gasteiger partial charge on any atom is 0.294 e. The van der Waals surface area contributed by atoms with E-state index in [1.807, 2.05) is 0 Å². The Morgan fingerprint density at radius 1 is 1.29 bits per heavy atom. The molecule has 108 valence electrons. The Morgan fingerprint density at radius 2 is 2.00 bits per heavy atom. The lowest BCUT2D eigenvalue weighted by atomic mass is 10.1. The van der Waals surface area contributed by atoms with Gasteiger partial charge in [0, 0.05) is 17.1 Å². The van der Waals surface area contributed by atoms with Crippen molar-refractivity contribution >= 4 is 32.5 Å². The predicted octanol–water partition coefficient (Wildman–Crippen LogP) is 1.64. The number of anilines is 1. The number of amides is 1. The maximum absolute atomic E-state index is 11.3. The molecule has 2 aromatic carbocycles. The number of phenolic OH excluding ortho intramolecular Hbond substituents is 1. The van der Waals surface area contributed by atoms with Crippen LogP contribution in [0.4, 0.5) is 5.69 Å². The summed E-state index contributed by atoms with van der Waals surface area (Å²) in [7, 11) is -4.42. The zero-order chi connectivity index (χ0) is 15.6. The summed E-state index contributed by atoms with van der Waals surface area (Å²) >= 11 is 0. The number of rotatable bonds is 3. The molecule has 0 spiro atoms. The standard InChI is InChI=1S/C13H10N2O5S/c14-4-3-13(17)15-9-2-1-8-5-10(21(18,19)20)7-12(16)11(8)6-9/h1-2,5-7,16H,3H2,(H,15,17)(H,18,19,20). The van der Waals surface area contributed by atoms with Gasteiger partial charge in [0.05, 0.1) is 11.0 Å². The molecule has 0 saturated carbocycles. The number of nitrogens with zero attached hydrogens (tertiary/aromatic N) is 1. The molecular weight excluding hydrogens is 296 g/mol. The number of carbonyl (C=O) groups excluding carboxylic acids is 1. The van der Waals surface area contributed by atoms with Crippen LogP contribution in [0.25, 0.3) is 10.8 Å². The van der Waals surface area contributed by atoms with Crippen molar-refractivity contribution < 1.29 is 22.9 Å². The van der Waals surface area contributed by atoms with Crippen molar-refractivity contribution in [2.75, 3.05) is 5.32 Å². The number of carbonyl (C=O) groups is 1. The summed E-state index contributed by atoms with van der Waals surface area (Å²) in [6, 6.07) is 8.23. The number of phenols is 1. The van der Waals surface area contributed by atoms with E-state index in [1.54, 1.807) is 6.07 Å². The second kappa shape index (κ2) is 5.40. The highest BCUT2D eigenvalue weighted by atomic mass is 32.2. The average Bonchev–Trinajstić information content (AvgIpc) is 2.38. The van der Waals surface area contributed by atoms with Crippen molar-refractivity contribution in [2.45, 2.75) is 11.3 Å². The Morgan fingerprint density at radius 3 is 2.62 bits per heavy atom. The minimum absolute atomic E-state index is 0.300. The Balaban J connectivity index is 2.48. The molecule has 0 aliphatic heterocycles. The number of nitriles is 1. The first-order valence-corrected chi connectivity index (χ1v) is 7.16. The third-order valence-corrected chi connectivity index (χ3v) is 3.56. The fraction of sp³-hybridized carbons (Fsp3) is 0.0769. The van der Waals surface area contributed by atoms with Gasteiger partial charge in [0.25, 0.3) is 10.1 Å². The molecule has 0 atom stereocenters. The molecule has 0 aromatic heterocycles. The zero-order valence-electron chi connectivity index (χ0n) is 10.6. The summed E-state index contributed by atoms with van der Waals surface area (Å²) < 4.78 is 31.1. The Bertz CT molecular complexity index is 868. The number of hydrogen-bond donors (Lipinski definition) is 3. The minimum Gasteiger partial charge on any atom is -0.507 e. The summed E-state index contributed by atoms with van der Waals surface area (Å²) in [5, 5.41) is 21.4. The van der Waals surface area contributed by atoms with Gasteiger partial charge in [0.15, 0.2) is 0 Å². The van der Waals surface area contributed by atoms with Crippen LogP contribution in [0.2, 0.25) is 0 Å². The van der Waals surface area contributed by atoms with E-state index >= 15 is 0 Å². The van der Waals surface area contributed by atoms with Crippen molar-refractivity contribution in [1.29, 1.82) is 5.26 Å². The lowest BCUT2D eigenvalue weighted by Gasteiger charge is -2.07. The predicted molar refractivity (Wildman–Crippen MR) is 74.3 cm³/mol. The normalized spacial score (nSPS) is 11.0. The van der Waals surface area contributed by atoms with Crippen molar-refractivity contribution in [3.05, 3.63) is 30.3 Å². The Labute approximate surface area is 120 Å². The summed E-state index contributed by atoms with van der Waals surface area (Å²) in [6.45, 7) is 0. The number of benzene rings is 2. The van der Waals surface area contributed by atoms with Crippen LogP contribution < -0.4 is 5.32 Å². The average molecular weight is 306 g/mol. The van der Waals surface area contributed by atoms with Crippen molar-refractivity contribution in [3.8, 4) is 11.8 Å². The van der Waals surface area contributed by atoms with Crippen molar-refractivity contribution in [3.63, 3.8) is 0 Å². The van der Waals surface area contributed by atoms with Crippen LogP contribution in [0.1, 0.15) is 6.42 Å². The van der Waals surface area contributed by atoms with Crippen molar-refractivity contribution in [2.24, 2.45) is 0 Å². The van der Waals surface area contributed by atoms with Gasteiger partial charge in [-0.1, -0.05) is 6.07 Å². The van der Waals surface area contributed by atoms with Gasteiger partial charge < -0.3 is 10.4 Å².